The Morgan fingerprint density at radius 3 is 3.14 bits per heavy atom. The predicted molar refractivity (Wildman–Crippen MR) is 79.4 cm³/mol. The zero-order chi connectivity index (χ0) is 15.5. The van der Waals surface area contributed by atoms with Gasteiger partial charge in [0, 0.05) is 25.7 Å². The maximum absolute atomic E-state index is 11.8. The van der Waals surface area contributed by atoms with Gasteiger partial charge in [0.05, 0.1) is 31.1 Å². The number of imide groups is 1. The summed E-state index contributed by atoms with van der Waals surface area (Å²) in [4.78, 5) is 25.1. The maximum Gasteiger partial charge on any atom is 0.249 e. The molecule has 8 heteroatoms. The van der Waals surface area contributed by atoms with E-state index < -0.39 is 0 Å². The number of hydrogen-bond donors (Lipinski definition) is 2. The van der Waals surface area contributed by atoms with Crippen LogP contribution >= 0.6 is 0 Å². The molecular formula is C14H21N5O3. The maximum atomic E-state index is 11.8. The van der Waals surface area contributed by atoms with Crippen LogP contribution in [0.15, 0.2) is 12.4 Å². The Morgan fingerprint density at radius 2 is 2.32 bits per heavy atom. The number of likely N-dealkylation sites (N-methyl/N-ethyl adjacent to an activating group) is 1. The molecule has 0 aliphatic carbocycles. The molecule has 2 aliphatic rings. The van der Waals surface area contributed by atoms with E-state index in [1.165, 1.54) is 0 Å². The summed E-state index contributed by atoms with van der Waals surface area (Å²) in [6.07, 6.45) is 4.45. The Balaban J connectivity index is 1.63. The third-order valence-corrected chi connectivity index (χ3v) is 4.01. The van der Waals surface area contributed by atoms with Crippen molar-refractivity contribution in [2.24, 2.45) is 0 Å². The first-order valence-corrected chi connectivity index (χ1v) is 7.52. The summed E-state index contributed by atoms with van der Waals surface area (Å²) in [5.74, 6) is -0.487. The van der Waals surface area contributed by atoms with Crippen LogP contribution in [0.2, 0.25) is 0 Å². The minimum absolute atomic E-state index is 0.157. The van der Waals surface area contributed by atoms with E-state index in [0.29, 0.717) is 19.4 Å². The summed E-state index contributed by atoms with van der Waals surface area (Å²) in [7, 11) is 2.06. The van der Waals surface area contributed by atoms with E-state index >= 15 is 0 Å². The van der Waals surface area contributed by atoms with Crippen LogP contribution in [-0.2, 0) is 14.3 Å². The number of nitrogens with zero attached hydrogens (tertiary/aromatic N) is 3. The summed E-state index contributed by atoms with van der Waals surface area (Å²) in [6, 6.07) is -0.229. The van der Waals surface area contributed by atoms with Crippen molar-refractivity contribution in [1.29, 1.82) is 0 Å². The van der Waals surface area contributed by atoms with Gasteiger partial charge >= 0.3 is 0 Å². The SMILES string of the molecule is CN1CCOCC(n2cc(NC3CCC(=O)NC3=O)cn2)C1. The van der Waals surface area contributed by atoms with Gasteiger partial charge in [-0.25, -0.2) is 0 Å². The van der Waals surface area contributed by atoms with Crippen LogP contribution < -0.4 is 10.6 Å². The lowest BCUT2D eigenvalue weighted by atomic mass is 10.1. The molecule has 120 valence electrons. The third kappa shape index (κ3) is 3.45. The van der Waals surface area contributed by atoms with Gasteiger partial charge in [-0.3, -0.25) is 19.6 Å². The minimum atomic E-state index is -0.386. The van der Waals surface area contributed by atoms with Crippen LogP contribution in [0.3, 0.4) is 0 Å². The molecule has 2 unspecified atom stereocenters. The van der Waals surface area contributed by atoms with Gasteiger partial charge in [0.15, 0.2) is 0 Å². The number of anilines is 1. The predicted octanol–water partition coefficient (Wildman–Crippen LogP) is -0.397. The second kappa shape index (κ2) is 6.45. The lowest BCUT2D eigenvalue weighted by Gasteiger charge is -2.22. The molecule has 2 fully saturated rings. The fraction of sp³-hybridized carbons (Fsp3) is 0.643. The fourth-order valence-corrected chi connectivity index (χ4v) is 2.75. The number of nitrogens with one attached hydrogen (secondary N) is 2. The van der Waals surface area contributed by atoms with Gasteiger partial charge in [-0.15, -0.1) is 0 Å². The van der Waals surface area contributed by atoms with Crippen LogP contribution in [0.5, 0.6) is 0 Å². The van der Waals surface area contributed by atoms with Gasteiger partial charge in [0.1, 0.15) is 6.04 Å². The molecule has 3 rings (SSSR count). The van der Waals surface area contributed by atoms with E-state index in [4.69, 9.17) is 4.74 Å². The molecule has 0 aromatic carbocycles. The van der Waals surface area contributed by atoms with Crippen LogP contribution in [-0.4, -0.2) is 65.9 Å². The Labute approximate surface area is 128 Å². The number of ether oxygens (including phenoxy) is 1. The summed E-state index contributed by atoms with van der Waals surface area (Å²) < 4.78 is 7.47. The van der Waals surface area contributed by atoms with Crippen molar-refractivity contribution in [1.82, 2.24) is 20.0 Å². The number of carbonyl (C=O) groups excluding carboxylic acids is 2. The average Bonchev–Trinajstić information content (AvgIpc) is 2.83. The quantitative estimate of drug-likeness (QED) is 0.739. The summed E-state index contributed by atoms with van der Waals surface area (Å²) >= 11 is 0. The van der Waals surface area contributed by atoms with E-state index in [-0.39, 0.29) is 23.9 Å². The highest BCUT2D eigenvalue weighted by molar-refractivity contribution is 6.01. The average molecular weight is 307 g/mol. The van der Waals surface area contributed by atoms with Crippen molar-refractivity contribution in [3.8, 4) is 0 Å². The molecule has 0 bridgehead atoms. The first-order valence-electron chi connectivity index (χ1n) is 7.52. The summed E-state index contributed by atoms with van der Waals surface area (Å²) in [6.45, 7) is 3.15. The molecule has 2 amide bonds. The fourth-order valence-electron chi connectivity index (χ4n) is 2.75. The zero-order valence-electron chi connectivity index (χ0n) is 12.6. The van der Waals surface area contributed by atoms with E-state index in [1.54, 1.807) is 6.20 Å². The van der Waals surface area contributed by atoms with Crippen LogP contribution in [0.25, 0.3) is 0 Å². The normalized spacial score (nSPS) is 27.3. The van der Waals surface area contributed by atoms with Gasteiger partial charge < -0.3 is 15.0 Å². The molecule has 2 aliphatic heterocycles. The first kappa shape index (κ1) is 15.0. The Bertz CT molecular complexity index is 558. The molecule has 1 aromatic heterocycles. The molecule has 1 aromatic rings. The van der Waals surface area contributed by atoms with Crippen molar-refractivity contribution in [3.05, 3.63) is 12.4 Å². The highest BCUT2D eigenvalue weighted by Gasteiger charge is 2.27. The molecule has 0 saturated carbocycles. The van der Waals surface area contributed by atoms with Crippen molar-refractivity contribution >= 4 is 17.5 Å². The molecule has 0 radical (unpaired) electrons. The number of aromatic nitrogens is 2. The van der Waals surface area contributed by atoms with Crippen LogP contribution in [0.1, 0.15) is 18.9 Å². The minimum Gasteiger partial charge on any atom is -0.378 e. The monoisotopic (exact) mass is 307 g/mol. The third-order valence-electron chi connectivity index (χ3n) is 4.01. The number of carbonyl (C=O) groups is 2. The van der Waals surface area contributed by atoms with Crippen molar-refractivity contribution in [2.45, 2.75) is 24.9 Å². The lowest BCUT2D eigenvalue weighted by molar-refractivity contribution is -0.133. The van der Waals surface area contributed by atoms with Gasteiger partial charge in [-0.2, -0.15) is 5.10 Å². The summed E-state index contributed by atoms with van der Waals surface area (Å²) in [5, 5.41) is 9.85. The molecule has 2 N–H and O–H groups in total. The topological polar surface area (TPSA) is 88.5 Å². The molecule has 3 heterocycles. The zero-order valence-corrected chi connectivity index (χ0v) is 12.6. The van der Waals surface area contributed by atoms with E-state index in [1.807, 2.05) is 10.9 Å². The Kier molecular flexibility index (Phi) is 4.39. The van der Waals surface area contributed by atoms with Crippen LogP contribution in [0, 0.1) is 0 Å². The van der Waals surface area contributed by atoms with E-state index in [9.17, 15) is 9.59 Å². The lowest BCUT2D eigenvalue weighted by Crippen LogP contribution is -2.47. The molecule has 8 nitrogen and oxygen atoms in total. The summed E-state index contributed by atoms with van der Waals surface area (Å²) in [5.41, 5.74) is 0.779. The van der Waals surface area contributed by atoms with Gasteiger partial charge in [0.2, 0.25) is 11.8 Å². The van der Waals surface area contributed by atoms with Gasteiger partial charge in [0.25, 0.3) is 0 Å². The van der Waals surface area contributed by atoms with Crippen molar-refractivity contribution in [3.63, 3.8) is 0 Å². The molecular weight excluding hydrogens is 286 g/mol. The molecule has 0 spiro atoms. The van der Waals surface area contributed by atoms with Crippen molar-refractivity contribution < 1.29 is 14.3 Å². The van der Waals surface area contributed by atoms with E-state index in [0.717, 1.165) is 25.4 Å². The van der Waals surface area contributed by atoms with Gasteiger partial charge in [-0.1, -0.05) is 0 Å². The second-order valence-electron chi connectivity index (χ2n) is 5.85. The number of piperidine rings is 1. The second-order valence-corrected chi connectivity index (χ2v) is 5.85. The van der Waals surface area contributed by atoms with Crippen LogP contribution in [0.4, 0.5) is 5.69 Å². The standard InChI is InChI=1S/C14H21N5O3/c1-18-4-5-22-9-11(8-18)19-7-10(6-15-19)16-12-2-3-13(20)17-14(12)21/h6-7,11-12,16H,2-5,8-9H2,1H3,(H,17,20,21). The highest BCUT2D eigenvalue weighted by atomic mass is 16.5. The molecule has 2 saturated heterocycles. The Hall–Kier alpha value is -1.93. The Morgan fingerprint density at radius 1 is 1.45 bits per heavy atom. The van der Waals surface area contributed by atoms with Crippen molar-refractivity contribution in [2.75, 3.05) is 38.7 Å². The van der Waals surface area contributed by atoms with Gasteiger partial charge in [-0.05, 0) is 13.5 Å². The number of amides is 2. The number of rotatable bonds is 3. The van der Waals surface area contributed by atoms with E-state index in [2.05, 4.69) is 27.7 Å². The first-order chi connectivity index (χ1) is 10.6. The smallest absolute Gasteiger partial charge is 0.249 e. The molecule has 22 heavy (non-hydrogen) atoms. The molecule has 2 atom stereocenters. The number of hydrogen-bond acceptors (Lipinski definition) is 6. The highest BCUT2D eigenvalue weighted by Crippen LogP contribution is 2.17. The largest absolute Gasteiger partial charge is 0.378 e.